The Kier molecular flexibility index (Phi) is 5.02. The summed E-state index contributed by atoms with van der Waals surface area (Å²) in [5, 5.41) is 2.87. The monoisotopic (exact) mass is 281 g/mol. The molecule has 2 rings (SSSR count). The van der Waals surface area contributed by atoms with Gasteiger partial charge in [-0.1, -0.05) is 12.8 Å². The minimum atomic E-state index is -0.273. The third kappa shape index (κ3) is 3.32. The molecule has 0 spiro atoms. The molecular formula is C15H27N3O2. The molecule has 0 atom stereocenters. The van der Waals surface area contributed by atoms with Crippen LogP contribution in [0.1, 0.15) is 45.4 Å². The Labute approximate surface area is 121 Å². The van der Waals surface area contributed by atoms with Crippen LogP contribution < -0.4 is 11.1 Å². The summed E-state index contributed by atoms with van der Waals surface area (Å²) in [4.78, 5) is 25.6. The van der Waals surface area contributed by atoms with Gasteiger partial charge < -0.3 is 16.0 Å². The maximum Gasteiger partial charge on any atom is 0.230 e. The van der Waals surface area contributed by atoms with Crippen LogP contribution in [0.3, 0.4) is 0 Å². The molecule has 0 unspecified atom stereocenters. The predicted molar refractivity (Wildman–Crippen MR) is 77.9 cm³/mol. The van der Waals surface area contributed by atoms with Crippen LogP contribution in [-0.4, -0.2) is 42.9 Å². The number of carbonyl (C=O) groups is 2. The first-order valence-corrected chi connectivity index (χ1v) is 7.81. The van der Waals surface area contributed by atoms with Gasteiger partial charge in [-0.15, -0.1) is 0 Å². The molecule has 1 heterocycles. The van der Waals surface area contributed by atoms with Gasteiger partial charge in [0.1, 0.15) is 0 Å². The van der Waals surface area contributed by atoms with Gasteiger partial charge in [0.25, 0.3) is 0 Å². The zero-order valence-electron chi connectivity index (χ0n) is 12.5. The molecule has 0 aromatic rings. The molecule has 2 amide bonds. The Morgan fingerprint density at radius 3 is 2.35 bits per heavy atom. The van der Waals surface area contributed by atoms with Crippen molar-refractivity contribution >= 4 is 11.8 Å². The fourth-order valence-electron chi connectivity index (χ4n) is 3.52. The van der Waals surface area contributed by atoms with E-state index in [4.69, 9.17) is 5.73 Å². The van der Waals surface area contributed by atoms with Crippen molar-refractivity contribution in [3.05, 3.63) is 0 Å². The van der Waals surface area contributed by atoms with Crippen molar-refractivity contribution in [1.82, 2.24) is 10.2 Å². The van der Waals surface area contributed by atoms with E-state index < -0.39 is 0 Å². The molecule has 3 N–H and O–H groups in total. The molecule has 1 saturated carbocycles. The highest BCUT2D eigenvalue weighted by Gasteiger charge is 2.42. The van der Waals surface area contributed by atoms with E-state index in [0.717, 1.165) is 58.2 Å². The van der Waals surface area contributed by atoms with Gasteiger partial charge in [-0.3, -0.25) is 9.59 Å². The van der Waals surface area contributed by atoms with Crippen LogP contribution in [0.2, 0.25) is 0 Å². The van der Waals surface area contributed by atoms with Crippen molar-refractivity contribution < 1.29 is 9.59 Å². The van der Waals surface area contributed by atoms with E-state index in [1.165, 1.54) is 0 Å². The molecule has 0 aromatic heterocycles. The number of piperidine rings is 1. The molecule has 5 nitrogen and oxygen atoms in total. The molecular weight excluding hydrogens is 254 g/mol. The van der Waals surface area contributed by atoms with Crippen molar-refractivity contribution in [1.29, 1.82) is 0 Å². The first-order valence-electron chi connectivity index (χ1n) is 7.81. The summed E-state index contributed by atoms with van der Waals surface area (Å²) in [6.45, 7) is 4.39. The molecule has 1 aliphatic heterocycles. The molecule has 2 fully saturated rings. The molecule has 0 bridgehead atoms. The van der Waals surface area contributed by atoms with Gasteiger partial charge in [0.15, 0.2) is 0 Å². The van der Waals surface area contributed by atoms with Crippen LogP contribution in [0.25, 0.3) is 0 Å². The summed E-state index contributed by atoms with van der Waals surface area (Å²) >= 11 is 0. The molecule has 0 aromatic carbocycles. The third-order valence-corrected chi connectivity index (χ3v) is 4.95. The van der Waals surface area contributed by atoms with E-state index in [2.05, 4.69) is 5.32 Å². The van der Waals surface area contributed by atoms with Crippen LogP contribution in [-0.2, 0) is 9.59 Å². The average molecular weight is 281 g/mol. The van der Waals surface area contributed by atoms with Crippen molar-refractivity contribution in [2.45, 2.75) is 45.4 Å². The topological polar surface area (TPSA) is 75.4 Å². The number of nitrogens with one attached hydrogen (secondary N) is 1. The average Bonchev–Trinajstić information content (AvgIpc) is 2.95. The second kappa shape index (κ2) is 6.57. The highest BCUT2D eigenvalue weighted by atomic mass is 16.2. The van der Waals surface area contributed by atoms with Crippen molar-refractivity contribution in [3.63, 3.8) is 0 Å². The number of amides is 2. The zero-order chi connectivity index (χ0) is 14.6. The number of likely N-dealkylation sites (tertiary alicyclic amines) is 1. The van der Waals surface area contributed by atoms with E-state index in [1.807, 2.05) is 4.90 Å². The molecule has 114 valence electrons. The largest absolute Gasteiger partial charge is 0.356 e. The summed E-state index contributed by atoms with van der Waals surface area (Å²) in [7, 11) is 0. The maximum atomic E-state index is 12.7. The molecule has 2 aliphatic rings. The first kappa shape index (κ1) is 15.3. The van der Waals surface area contributed by atoms with E-state index in [0.29, 0.717) is 12.5 Å². The molecule has 1 saturated heterocycles. The van der Waals surface area contributed by atoms with E-state index in [1.54, 1.807) is 6.92 Å². The Bertz CT molecular complexity index is 356. The number of nitrogens with two attached hydrogens (primary N) is 1. The number of rotatable bonds is 4. The Morgan fingerprint density at radius 1 is 1.25 bits per heavy atom. The summed E-state index contributed by atoms with van der Waals surface area (Å²) in [5.74, 6) is 0.798. The number of carbonyl (C=O) groups excluding carboxylic acids is 2. The summed E-state index contributed by atoms with van der Waals surface area (Å²) in [6.07, 6.45) is 6.12. The van der Waals surface area contributed by atoms with Crippen LogP contribution in [0, 0.1) is 11.3 Å². The molecule has 1 aliphatic carbocycles. The van der Waals surface area contributed by atoms with Gasteiger partial charge in [-0.25, -0.2) is 0 Å². The quantitative estimate of drug-likeness (QED) is 0.803. The first-order chi connectivity index (χ1) is 9.57. The summed E-state index contributed by atoms with van der Waals surface area (Å²) in [6, 6.07) is 0. The Morgan fingerprint density at radius 2 is 1.85 bits per heavy atom. The number of hydrogen-bond acceptors (Lipinski definition) is 3. The lowest BCUT2D eigenvalue weighted by atomic mass is 9.83. The second-order valence-electron chi connectivity index (χ2n) is 6.36. The lowest BCUT2D eigenvalue weighted by Gasteiger charge is -2.38. The number of nitrogens with zero attached hydrogens (tertiary/aromatic N) is 1. The van der Waals surface area contributed by atoms with Crippen LogP contribution in [0.5, 0.6) is 0 Å². The maximum absolute atomic E-state index is 12.7. The lowest BCUT2D eigenvalue weighted by molar-refractivity contribution is -0.143. The lowest BCUT2D eigenvalue weighted by Crippen LogP contribution is -2.50. The van der Waals surface area contributed by atoms with Crippen LogP contribution in [0.4, 0.5) is 0 Å². The van der Waals surface area contributed by atoms with Crippen LogP contribution >= 0.6 is 0 Å². The minimum Gasteiger partial charge on any atom is -0.356 e. The van der Waals surface area contributed by atoms with E-state index in [-0.39, 0.29) is 17.2 Å². The standard InChI is InChI=1S/C15H27N3O2/c1-12(19)17-10-13-4-8-18(9-5-13)14(20)15(11-16)6-2-3-7-15/h13H,2-11,16H2,1H3,(H,17,19). The van der Waals surface area contributed by atoms with Gasteiger partial charge in [0, 0.05) is 33.1 Å². The predicted octanol–water partition coefficient (Wildman–Crippen LogP) is 0.880. The fourth-order valence-corrected chi connectivity index (χ4v) is 3.52. The van der Waals surface area contributed by atoms with E-state index >= 15 is 0 Å². The second-order valence-corrected chi connectivity index (χ2v) is 6.36. The number of hydrogen-bond donors (Lipinski definition) is 2. The summed E-state index contributed by atoms with van der Waals surface area (Å²) < 4.78 is 0. The van der Waals surface area contributed by atoms with Gasteiger partial charge in [0.2, 0.25) is 11.8 Å². The highest BCUT2D eigenvalue weighted by molar-refractivity contribution is 5.83. The van der Waals surface area contributed by atoms with Crippen molar-refractivity contribution in [3.8, 4) is 0 Å². The smallest absolute Gasteiger partial charge is 0.230 e. The zero-order valence-corrected chi connectivity index (χ0v) is 12.5. The SMILES string of the molecule is CC(=O)NCC1CCN(C(=O)C2(CN)CCCC2)CC1. The van der Waals surface area contributed by atoms with Gasteiger partial charge in [-0.2, -0.15) is 0 Å². The molecule has 20 heavy (non-hydrogen) atoms. The Hall–Kier alpha value is -1.10. The molecule has 0 radical (unpaired) electrons. The van der Waals surface area contributed by atoms with E-state index in [9.17, 15) is 9.59 Å². The van der Waals surface area contributed by atoms with Crippen LogP contribution in [0.15, 0.2) is 0 Å². The molecule has 5 heteroatoms. The van der Waals surface area contributed by atoms with Crippen molar-refractivity contribution in [2.75, 3.05) is 26.2 Å². The Balaban J connectivity index is 1.84. The van der Waals surface area contributed by atoms with Gasteiger partial charge in [0.05, 0.1) is 5.41 Å². The fraction of sp³-hybridized carbons (Fsp3) is 0.867. The normalized spacial score (nSPS) is 22.8. The van der Waals surface area contributed by atoms with Gasteiger partial charge in [-0.05, 0) is 31.6 Å². The summed E-state index contributed by atoms with van der Waals surface area (Å²) in [5.41, 5.74) is 5.62. The van der Waals surface area contributed by atoms with Crippen molar-refractivity contribution in [2.24, 2.45) is 17.1 Å². The minimum absolute atomic E-state index is 0.0246. The third-order valence-electron chi connectivity index (χ3n) is 4.95. The highest BCUT2D eigenvalue weighted by Crippen LogP contribution is 2.39. The van der Waals surface area contributed by atoms with Gasteiger partial charge >= 0.3 is 0 Å².